The molecule has 1 amide bonds. The highest BCUT2D eigenvalue weighted by molar-refractivity contribution is 5.74. The molecule has 17 heteroatoms. The Balaban J connectivity index is 1.33. The molecule has 0 spiro atoms. The van der Waals surface area contributed by atoms with Crippen molar-refractivity contribution in [3.8, 4) is 11.3 Å². The molecule has 4 aliphatic rings. The van der Waals surface area contributed by atoms with Crippen LogP contribution in [-0.2, 0) is 35.0 Å². The Morgan fingerprint density at radius 1 is 1.07 bits per heavy atom. The average molecular weight is 830 g/mol. The van der Waals surface area contributed by atoms with Gasteiger partial charge in [-0.15, -0.1) is 0 Å². The first kappa shape index (κ1) is 45.3. The zero-order valence-corrected chi connectivity index (χ0v) is 36.3. The highest BCUT2D eigenvalue weighted by atomic mass is 16.7. The van der Waals surface area contributed by atoms with Gasteiger partial charge in [0.2, 0.25) is 0 Å². The molecule has 59 heavy (non-hydrogen) atoms. The molecule has 4 fully saturated rings. The Hall–Kier alpha value is -3.26. The second-order valence-electron chi connectivity index (χ2n) is 17.9. The monoisotopic (exact) mass is 829 g/mol. The number of carbonyl (C=O) groups is 2. The number of esters is 1. The molecule has 4 N–H and O–H groups in total. The van der Waals surface area contributed by atoms with Crippen molar-refractivity contribution in [3.05, 3.63) is 37.1 Å². The lowest BCUT2D eigenvalue weighted by atomic mass is 9.71. The number of likely N-dealkylation sites (N-methyl/N-ethyl adjacent to an activating group) is 1. The number of aliphatic hydroxyl groups excluding tert-OH is 3. The normalized spacial score (nSPS) is 40.0. The predicted molar refractivity (Wildman–Crippen MR) is 216 cm³/mol. The molecule has 4 saturated heterocycles. The second kappa shape index (κ2) is 18.4. The van der Waals surface area contributed by atoms with Crippen molar-refractivity contribution in [2.45, 2.75) is 147 Å². The molecule has 2 aromatic rings. The number of nitrogens with zero attached hydrogens (tertiary/aromatic N) is 6. The van der Waals surface area contributed by atoms with E-state index in [4.69, 9.17) is 23.7 Å². The van der Waals surface area contributed by atoms with Crippen LogP contribution >= 0.6 is 0 Å². The number of fused-ring (bicyclic) bond motifs is 1. The molecule has 6 rings (SSSR count). The molecule has 1 unspecified atom stereocenters. The lowest BCUT2D eigenvalue weighted by molar-refractivity contribution is -0.332. The van der Waals surface area contributed by atoms with Gasteiger partial charge in [0.1, 0.15) is 12.2 Å². The molecule has 0 aliphatic carbocycles. The number of pyridine rings is 1. The maximum atomic E-state index is 14.2. The van der Waals surface area contributed by atoms with Crippen molar-refractivity contribution in [3.63, 3.8) is 0 Å². The van der Waals surface area contributed by atoms with E-state index in [1.165, 1.54) is 0 Å². The van der Waals surface area contributed by atoms with Gasteiger partial charge in [-0.1, -0.05) is 27.7 Å². The first-order valence-corrected chi connectivity index (χ1v) is 21.1. The van der Waals surface area contributed by atoms with Crippen molar-refractivity contribution in [1.82, 2.24) is 34.8 Å². The SMILES string of the molecule is CC[C@H]1OC(=O)[C@H](C)[C@@H](O)[C@H](C)[C@@H](O[C@@H]2O[C@H](O)C[C@@H](N(C)C)[C@@H]2O)[C@@](C)(OC)C[C@@H](C)C2NCN(CCCn3cnc(-c4cccnc4)c3)N3C(=O)O[C@@]1(C)[C@H]3[C@H]2C. The molecule has 0 aromatic carbocycles. The van der Waals surface area contributed by atoms with Gasteiger partial charge in [0.25, 0.3) is 0 Å². The number of rotatable bonds is 10. The number of nitrogens with one attached hydrogen (secondary N) is 1. The van der Waals surface area contributed by atoms with E-state index in [1.807, 2.05) is 67.7 Å². The number of ether oxygens (including phenoxy) is 5. The zero-order valence-electron chi connectivity index (χ0n) is 36.3. The molecular weight excluding hydrogens is 763 g/mol. The number of imidazole rings is 1. The van der Waals surface area contributed by atoms with Crippen LogP contribution in [0.15, 0.2) is 37.1 Å². The fourth-order valence-electron chi connectivity index (χ4n) is 10.2. The fraction of sp³-hybridized carbons (Fsp3) is 0.762. The van der Waals surface area contributed by atoms with E-state index in [1.54, 1.807) is 44.7 Å². The van der Waals surface area contributed by atoms with Gasteiger partial charge in [-0.3, -0.25) is 15.1 Å². The fourth-order valence-corrected chi connectivity index (χ4v) is 10.2. The third kappa shape index (κ3) is 9.05. The van der Waals surface area contributed by atoms with E-state index in [0.29, 0.717) is 39.0 Å². The van der Waals surface area contributed by atoms with Gasteiger partial charge >= 0.3 is 12.1 Å². The van der Waals surface area contributed by atoms with Crippen molar-refractivity contribution >= 4 is 12.1 Å². The standard InChI is InChI=1S/C42H67N7O10/c1-11-31-42(7)36-25(3)33(45-23-48(49(36)40(54)59-42)17-13-16-47-21-29(44-22-47)28-14-12-15-43-20-28)24(2)19-41(6,55-10)37(26(4)34(51)27(5)38(53)56-31)58-39-35(52)30(46(8)9)18-32(50)57-39/h12,14-15,20-22,24-27,30-37,39,45,50-52H,11,13,16-19,23H2,1-10H3/t24-,25+,26+,27-,30-,31-,32+,33?,34+,35+,36-,37-,39+,41+,42-/m1/s1. The number of hydrogen-bond acceptors (Lipinski definition) is 15. The summed E-state index contributed by atoms with van der Waals surface area (Å²) in [5.41, 5.74) is -0.594. The van der Waals surface area contributed by atoms with Crippen LogP contribution in [0.1, 0.15) is 74.1 Å². The van der Waals surface area contributed by atoms with Crippen molar-refractivity contribution < 1.29 is 48.6 Å². The molecule has 2 bridgehead atoms. The van der Waals surface area contributed by atoms with Gasteiger partial charge < -0.3 is 48.5 Å². The Labute approximate surface area is 348 Å². The molecule has 6 heterocycles. The van der Waals surface area contributed by atoms with Crippen LogP contribution in [0.4, 0.5) is 4.79 Å². The molecule has 0 saturated carbocycles. The number of aromatic nitrogens is 3. The van der Waals surface area contributed by atoms with Crippen LogP contribution in [0.5, 0.6) is 0 Å². The minimum atomic E-state index is -1.28. The molecule has 330 valence electrons. The highest BCUT2D eigenvalue weighted by Crippen LogP contribution is 2.45. The van der Waals surface area contributed by atoms with Crippen LogP contribution < -0.4 is 5.32 Å². The maximum Gasteiger partial charge on any atom is 0.425 e. The Kier molecular flexibility index (Phi) is 14.1. The van der Waals surface area contributed by atoms with Gasteiger partial charge in [0.15, 0.2) is 18.2 Å². The second-order valence-corrected chi connectivity index (χ2v) is 17.9. The van der Waals surface area contributed by atoms with Gasteiger partial charge in [-0.2, -0.15) is 0 Å². The van der Waals surface area contributed by atoms with E-state index < -0.39 is 84.2 Å². The Morgan fingerprint density at radius 2 is 1.81 bits per heavy atom. The summed E-state index contributed by atoms with van der Waals surface area (Å²) in [6, 6.07) is 2.63. The summed E-state index contributed by atoms with van der Waals surface area (Å²) < 4.78 is 33.5. The van der Waals surface area contributed by atoms with Gasteiger partial charge in [0, 0.05) is 68.8 Å². The Morgan fingerprint density at radius 3 is 2.47 bits per heavy atom. The van der Waals surface area contributed by atoms with E-state index in [-0.39, 0.29) is 24.3 Å². The minimum absolute atomic E-state index is 0.121. The molecule has 0 radical (unpaired) electrons. The topological polar surface area (TPSA) is 193 Å². The summed E-state index contributed by atoms with van der Waals surface area (Å²) in [5, 5.41) is 41.6. The first-order chi connectivity index (χ1) is 27.9. The largest absolute Gasteiger partial charge is 0.458 e. The Bertz CT molecular complexity index is 1720. The quantitative estimate of drug-likeness (QED) is 0.256. The molecule has 4 aliphatic heterocycles. The summed E-state index contributed by atoms with van der Waals surface area (Å²) in [7, 11) is 5.20. The minimum Gasteiger partial charge on any atom is -0.458 e. The summed E-state index contributed by atoms with van der Waals surface area (Å²) in [4.78, 5) is 38.9. The van der Waals surface area contributed by atoms with Gasteiger partial charge in [-0.05, 0) is 78.1 Å². The maximum absolute atomic E-state index is 14.2. The third-order valence-corrected chi connectivity index (χ3v) is 13.6. The van der Waals surface area contributed by atoms with Crippen LogP contribution in [0.3, 0.4) is 0 Å². The van der Waals surface area contributed by atoms with Crippen LogP contribution in [0.25, 0.3) is 11.3 Å². The van der Waals surface area contributed by atoms with Crippen molar-refractivity contribution in [2.24, 2.45) is 23.7 Å². The highest BCUT2D eigenvalue weighted by Gasteiger charge is 2.62. The molecule has 2 aromatic heterocycles. The predicted octanol–water partition coefficient (Wildman–Crippen LogP) is 2.84. The zero-order chi connectivity index (χ0) is 43.0. The van der Waals surface area contributed by atoms with E-state index in [9.17, 15) is 24.9 Å². The number of methoxy groups -OCH3 is 1. The number of aryl methyl sites for hydroxylation is 1. The number of amides is 1. The number of aliphatic hydroxyl groups is 3. The number of hydrazine groups is 1. The molecular formula is C42H67N7O10. The smallest absolute Gasteiger partial charge is 0.425 e. The third-order valence-electron chi connectivity index (χ3n) is 13.6. The summed E-state index contributed by atoms with van der Waals surface area (Å²) in [5.74, 6) is -2.77. The summed E-state index contributed by atoms with van der Waals surface area (Å²) in [6.45, 7) is 14.8. The number of hydrogen-bond donors (Lipinski definition) is 4. The molecule has 15 atom stereocenters. The lowest BCUT2D eigenvalue weighted by Crippen LogP contribution is -2.61. The van der Waals surface area contributed by atoms with E-state index >= 15 is 0 Å². The van der Waals surface area contributed by atoms with Gasteiger partial charge in [0.05, 0.1) is 48.5 Å². The van der Waals surface area contributed by atoms with Crippen LogP contribution in [-0.4, -0.2) is 158 Å². The number of cyclic esters (lactones) is 1. The van der Waals surface area contributed by atoms with Crippen molar-refractivity contribution in [2.75, 3.05) is 34.4 Å². The summed E-state index contributed by atoms with van der Waals surface area (Å²) >= 11 is 0. The lowest BCUT2D eigenvalue weighted by Gasteiger charge is -2.48. The summed E-state index contributed by atoms with van der Waals surface area (Å²) in [6.07, 6.45) is 1.78. The van der Waals surface area contributed by atoms with Gasteiger partial charge in [-0.25, -0.2) is 19.8 Å². The van der Waals surface area contributed by atoms with Crippen LogP contribution in [0.2, 0.25) is 0 Å². The molecule has 17 nitrogen and oxygen atoms in total. The average Bonchev–Trinajstić information content (AvgIpc) is 3.75. The van der Waals surface area contributed by atoms with Crippen molar-refractivity contribution in [1.29, 1.82) is 0 Å². The van der Waals surface area contributed by atoms with Crippen LogP contribution in [0, 0.1) is 23.7 Å². The van der Waals surface area contributed by atoms with E-state index in [2.05, 4.69) is 29.1 Å². The number of carbonyl (C=O) groups excluding carboxylic acids is 2. The first-order valence-electron chi connectivity index (χ1n) is 21.1. The van der Waals surface area contributed by atoms with E-state index in [0.717, 1.165) is 11.3 Å².